The summed E-state index contributed by atoms with van der Waals surface area (Å²) in [5.74, 6) is 1.17. The predicted octanol–water partition coefficient (Wildman–Crippen LogP) is 2.24. The summed E-state index contributed by atoms with van der Waals surface area (Å²) in [4.78, 5) is 19.9. The van der Waals surface area contributed by atoms with Gasteiger partial charge in [0, 0.05) is 36.1 Å². The first-order chi connectivity index (χ1) is 11.8. The van der Waals surface area contributed by atoms with E-state index >= 15 is 0 Å². The van der Waals surface area contributed by atoms with Gasteiger partial charge in [-0.3, -0.25) is 4.79 Å². The molecule has 0 aliphatic carbocycles. The largest absolute Gasteiger partial charge is 0.477 e. The van der Waals surface area contributed by atoms with E-state index in [9.17, 15) is 4.79 Å². The van der Waals surface area contributed by atoms with Gasteiger partial charge in [0.25, 0.3) is 0 Å². The number of carbonyl (C=O) groups excluding carboxylic acids is 1. The van der Waals surface area contributed by atoms with Gasteiger partial charge in [-0.05, 0) is 17.5 Å². The van der Waals surface area contributed by atoms with E-state index in [-0.39, 0.29) is 11.3 Å². The Morgan fingerprint density at radius 1 is 1.42 bits per heavy atom. The molecule has 0 aromatic carbocycles. The molecule has 2 aliphatic heterocycles. The maximum atomic E-state index is 12.6. The molecule has 0 spiro atoms. The molecule has 2 aliphatic rings. The van der Waals surface area contributed by atoms with Gasteiger partial charge in [-0.2, -0.15) is 0 Å². The fraction of sp³-hybridized carbons (Fsp3) is 0.444. The van der Waals surface area contributed by atoms with Crippen LogP contribution in [0.3, 0.4) is 0 Å². The van der Waals surface area contributed by atoms with E-state index in [0.717, 1.165) is 11.4 Å². The topological polar surface area (TPSA) is 51.7 Å². The molecule has 1 amide bonds. The van der Waals surface area contributed by atoms with Gasteiger partial charge in [-0.25, -0.2) is 4.98 Å². The number of nitrogens with zero attached hydrogens (tertiary/aromatic N) is 2. The Balaban J connectivity index is 1.42. The van der Waals surface area contributed by atoms with Crippen LogP contribution in [0.2, 0.25) is 0 Å². The quantitative estimate of drug-likeness (QED) is 0.835. The lowest BCUT2D eigenvalue weighted by atomic mass is 9.82. The van der Waals surface area contributed by atoms with Crippen LogP contribution in [0.1, 0.15) is 4.88 Å². The number of aromatic nitrogens is 1. The molecular formula is C18H20N2O3S. The summed E-state index contributed by atoms with van der Waals surface area (Å²) < 4.78 is 11.6. The number of carbonyl (C=O) groups is 1. The van der Waals surface area contributed by atoms with E-state index in [4.69, 9.17) is 9.47 Å². The van der Waals surface area contributed by atoms with Gasteiger partial charge in [-0.1, -0.05) is 12.1 Å². The molecule has 2 fully saturated rings. The van der Waals surface area contributed by atoms with Crippen LogP contribution >= 0.6 is 11.3 Å². The molecule has 5 nitrogen and oxygen atoms in total. The standard InChI is InChI=1S/C18H20N2O3S/c21-17(8-15-4-3-7-24-15)20-9-14-10-22-12-18(14,11-20)13-23-16-5-1-2-6-19-16/h1-7,14H,8-13H2/t14-,18+/m1/s1. The Kier molecular flexibility index (Phi) is 4.24. The number of fused-ring (bicyclic) bond motifs is 1. The van der Waals surface area contributed by atoms with Crippen molar-refractivity contribution in [2.75, 3.05) is 32.9 Å². The van der Waals surface area contributed by atoms with Crippen molar-refractivity contribution in [1.82, 2.24) is 9.88 Å². The van der Waals surface area contributed by atoms with Crippen LogP contribution in [0.4, 0.5) is 0 Å². The summed E-state index contributed by atoms with van der Waals surface area (Å²) in [5, 5.41) is 2.01. The van der Waals surface area contributed by atoms with Crippen LogP contribution < -0.4 is 4.74 Å². The molecule has 2 atom stereocenters. The molecule has 6 heteroatoms. The molecule has 0 radical (unpaired) electrons. The highest BCUT2D eigenvalue weighted by Crippen LogP contribution is 2.41. The molecule has 4 heterocycles. The van der Waals surface area contributed by atoms with E-state index in [1.165, 1.54) is 0 Å². The van der Waals surface area contributed by atoms with Gasteiger partial charge in [0.05, 0.1) is 31.7 Å². The Morgan fingerprint density at radius 2 is 2.38 bits per heavy atom. The molecule has 2 aromatic rings. The van der Waals surface area contributed by atoms with E-state index in [0.29, 0.717) is 44.6 Å². The summed E-state index contributed by atoms with van der Waals surface area (Å²) >= 11 is 1.63. The predicted molar refractivity (Wildman–Crippen MR) is 91.1 cm³/mol. The molecule has 0 unspecified atom stereocenters. The fourth-order valence-electron chi connectivity index (χ4n) is 3.55. The maximum Gasteiger partial charge on any atom is 0.227 e. The molecule has 2 saturated heterocycles. The molecule has 126 valence electrons. The van der Waals surface area contributed by atoms with Gasteiger partial charge in [0.15, 0.2) is 0 Å². The Hall–Kier alpha value is -1.92. The number of pyridine rings is 1. The van der Waals surface area contributed by atoms with Crippen molar-refractivity contribution in [2.24, 2.45) is 11.3 Å². The number of hydrogen-bond acceptors (Lipinski definition) is 5. The average Bonchev–Trinajstić information content (AvgIpc) is 3.29. The summed E-state index contributed by atoms with van der Waals surface area (Å²) in [6.07, 6.45) is 2.21. The third-order valence-corrected chi connectivity index (χ3v) is 5.80. The molecule has 0 N–H and O–H groups in total. The van der Waals surface area contributed by atoms with Crippen molar-refractivity contribution in [3.05, 3.63) is 46.8 Å². The van der Waals surface area contributed by atoms with Gasteiger partial charge < -0.3 is 14.4 Å². The molecule has 24 heavy (non-hydrogen) atoms. The van der Waals surface area contributed by atoms with Crippen LogP contribution in [-0.2, 0) is 16.0 Å². The van der Waals surface area contributed by atoms with Gasteiger partial charge in [-0.15, -0.1) is 11.3 Å². The number of amides is 1. The maximum absolute atomic E-state index is 12.6. The monoisotopic (exact) mass is 344 g/mol. The zero-order valence-corrected chi connectivity index (χ0v) is 14.2. The third-order valence-electron chi connectivity index (χ3n) is 4.92. The first-order valence-corrected chi connectivity index (χ1v) is 9.05. The van der Waals surface area contributed by atoms with Crippen molar-refractivity contribution >= 4 is 17.2 Å². The normalized spacial score (nSPS) is 25.7. The second-order valence-corrected chi connectivity index (χ2v) is 7.59. The lowest BCUT2D eigenvalue weighted by Crippen LogP contribution is -2.38. The smallest absolute Gasteiger partial charge is 0.227 e. The minimum atomic E-state index is -0.109. The van der Waals surface area contributed by atoms with Crippen LogP contribution in [0.15, 0.2) is 41.9 Å². The lowest BCUT2D eigenvalue weighted by Gasteiger charge is -2.26. The van der Waals surface area contributed by atoms with E-state index in [1.54, 1.807) is 17.5 Å². The summed E-state index contributed by atoms with van der Waals surface area (Å²) in [7, 11) is 0. The fourth-order valence-corrected chi connectivity index (χ4v) is 4.25. The zero-order valence-electron chi connectivity index (χ0n) is 13.4. The molecular weight excluding hydrogens is 324 g/mol. The van der Waals surface area contributed by atoms with Crippen molar-refractivity contribution in [2.45, 2.75) is 6.42 Å². The number of thiophene rings is 1. The highest BCUT2D eigenvalue weighted by Gasteiger charge is 2.52. The van der Waals surface area contributed by atoms with Crippen molar-refractivity contribution in [3.8, 4) is 5.88 Å². The van der Waals surface area contributed by atoms with Gasteiger partial charge >= 0.3 is 0 Å². The molecule has 0 saturated carbocycles. The van der Waals surface area contributed by atoms with E-state index in [1.807, 2.05) is 40.6 Å². The molecule has 0 bridgehead atoms. The Labute approximate surface area is 145 Å². The van der Waals surface area contributed by atoms with Crippen molar-refractivity contribution in [1.29, 1.82) is 0 Å². The number of rotatable bonds is 5. The highest BCUT2D eigenvalue weighted by molar-refractivity contribution is 7.10. The number of likely N-dealkylation sites (tertiary alicyclic amines) is 1. The molecule has 2 aromatic heterocycles. The molecule has 4 rings (SSSR count). The number of hydrogen-bond donors (Lipinski definition) is 0. The van der Waals surface area contributed by atoms with E-state index in [2.05, 4.69) is 4.98 Å². The first kappa shape index (κ1) is 15.6. The van der Waals surface area contributed by atoms with Crippen molar-refractivity contribution in [3.63, 3.8) is 0 Å². The lowest BCUT2D eigenvalue weighted by molar-refractivity contribution is -0.130. The summed E-state index contributed by atoms with van der Waals surface area (Å²) in [6, 6.07) is 9.64. The minimum absolute atomic E-state index is 0.109. The van der Waals surface area contributed by atoms with Crippen LogP contribution in [0, 0.1) is 11.3 Å². The van der Waals surface area contributed by atoms with Crippen LogP contribution in [0.25, 0.3) is 0 Å². The second-order valence-electron chi connectivity index (χ2n) is 6.56. The highest BCUT2D eigenvalue weighted by atomic mass is 32.1. The zero-order chi connectivity index (χ0) is 16.4. The number of ether oxygens (including phenoxy) is 2. The van der Waals surface area contributed by atoms with Gasteiger partial charge in [0.2, 0.25) is 11.8 Å². The summed E-state index contributed by atoms with van der Waals surface area (Å²) in [6.45, 7) is 3.35. The van der Waals surface area contributed by atoms with Crippen molar-refractivity contribution < 1.29 is 14.3 Å². The average molecular weight is 344 g/mol. The second kappa shape index (κ2) is 6.53. The summed E-state index contributed by atoms with van der Waals surface area (Å²) in [5.41, 5.74) is -0.109. The SMILES string of the molecule is O=C(Cc1cccs1)N1C[C@@H]2COC[C@]2(COc2ccccn2)C1. The Bertz CT molecular complexity index is 692. The van der Waals surface area contributed by atoms with Crippen LogP contribution in [0.5, 0.6) is 5.88 Å². The third kappa shape index (κ3) is 3.03. The Morgan fingerprint density at radius 3 is 3.17 bits per heavy atom. The van der Waals surface area contributed by atoms with Gasteiger partial charge in [0.1, 0.15) is 0 Å². The van der Waals surface area contributed by atoms with Crippen LogP contribution in [-0.4, -0.2) is 48.7 Å². The first-order valence-electron chi connectivity index (χ1n) is 8.17. The van der Waals surface area contributed by atoms with E-state index < -0.39 is 0 Å². The minimum Gasteiger partial charge on any atom is -0.477 e.